The molecule has 0 aromatic heterocycles. The second kappa shape index (κ2) is 40.1. The molecule has 0 heterocycles. The Bertz CT molecular complexity index is 813. The van der Waals surface area contributed by atoms with Gasteiger partial charge in [0.2, 0.25) is 0 Å². The maximum atomic E-state index is 12.7. The minimum Gasteiger partial charge on any atom is -0.462 e. The fourth-order valence-corrected chi connectivity index (χ4v) is 6.86. The molecule has 3 atom stereocenters. The van der Waals surface area contributed by atoms with Gasteiger partial charge in [-0.3, -0.25) is 14.4 Å². The molecule has 53 heavy (non-hydrogen) atoms. The van der Waals surface area contributed by atoms with Crippen molar-refractivity contribution in [2.75, 3.05) is 13.2 Å². The zero-order valence-corrected chi connectivity index (χ0v) is 36.1. The molecule has 2 unspecified atom stereocenters. The van der Waals surface area contributed by atoms with E-state index in [1.807, 2.05) is 0 Å². The maximum absolute atomic E-state index is 12.7. The highest BCUT2D eigenvalue weighted by atomic mass is 16.6. The Morgan fingerprint density at radius 3 is 0.981 bits per heavy atom. The fraction of sp³-hybridized carbons (Fsp3) is 0.936. The minimum absolute atomic E-state index is 0.0653. The summed E-state index contributed by atoms with van der Waals surface area (Å²) >= 11 is 0. The molecule has 314 valence electrons. The molecule has 0 aliphatic rings. The van der Waals surface area contributed by atoms with E-state index in [-0.39, 0.29) is 31.1 Å². The highest BCUT2D eigenvalue weighted by Crippen LogP contribution is 2.17. The summed E-state index contributed by atoms with van der Waals surface area (Å²) in [5.74, 6) is 0.822. The average molecular weight is 751 g/mol. The second-order valence-electron chi connectivity index (χ2n) is 16.5. The van der Waals surface area contributed by atoms with Crippen LogP contribution < -0.4 is 0 Å². The van der Waals surface area contributed by atoms with E-state index in [1.165, 1.54) is 141 Å². The largest absolute Gasteiger partial charge is 0.462 e. The SMILES string of the molecule is CCCCCCCCCCCCCC(=O)OC[C@@H](COC(=O)CCCCCCCCC(C)CC)OC(=O)CCCCCCCCCCCCC(C)CC. The highest BCUT2D eigenvalue weighted by Gasteiger charge is 2.19. The van der Waals surface area contributed by atoms with Crippen molar-refractivity contribution in [2.45, 2.75) is 259 Å². The van der Waals surface area contributed by atoms with Crippen LogP contribution in [-0.2, 0) is 28.6 Å². The van der Waals surface area contributed by atoms with Gasteiger partial charge in [0.15, 0.2) is 6.10 Å². The second-order valence-corrected chi connectivity index (χ2v) is 16.5. The first-order valence-corrected chi connectivity index (χ1v) is 23.3. The lowest BCUT2D eigenvalue weighted by Crippen LogP contribution is -2.30. The number of carbonyl (C=O) groups excluding carboxylic acids is 3. The van der Waals surface area contributed by atoms with Gasteiger partial charge in [-0.1, -0.05) is 214 Å². The van der Waals surface area contributed by atoms with E-state index in [2.05, 4.69) is 34.6 Å². The molecule has 0 fully saturated rings. The van der Waals surface area contributed by atoms with Crippen LogP contribution in [0.4, 0.5) is 0 Å². The van der Waals surface area contributed by atoms with Crippen molar-refractivity contribution >= 4 is 17.9 Å². The van der Waals surface area contributed by atoms with Crippen LogP contribution in [0, 0.1) is 11.8 Å². The van der Waals surface area contributed by atoms with Crippen LogP contribution in [0.5, 0.6) is 0 Å². The summed E-state index contributed by atoms with van der Waals surface area (Å²) < 4.78 is 16.7. The molecule has 0 aliphatic heterocycles. The van der Waals surface area contributed by atoms with E-state index in [0.717, 1.165) is 69.6 Å². The molecular weight excluding hydrogens is 661 g/mol. The summed E-state index contributed by atoms with van der Waals surface area (Å²) in [6.45, 7) is 11.3. The van der Waals surface area contributed by atoms with Crippen LogP contribution in [0.3, 0.4) is 0 Å². The van der Waals surface area contributed by atoms with Crippen molar-refractivity contribution in [3.05, 3.63) is 0 Å². The molecule has 0 aromatic rings. The molecular formula is C47H90O6. The topological polar surface area (TPSA) is 78.9 Å². The van der Waals surface area contributed by atoms with Crippen molar-refractivity contribution in [3.63, 3.8) is 0 Å². The van der Waals surface area contributed by atoms with Gasteiger partial charge >= 0.3 is 17.9 Å². The Morgan fingerprint density at radius 2 is 0.660 bits per heavy atom. The molecule has 0 spiro atoms. The van der Waals surface area contributed by atoms with Crippen LogP contribution in [0.1, 0.15) is 253 Å². The van der Waals surface area contributed by atoms with E-state index in [4.69, 9.17) is 14.2 Å². The van der Waals surface area contributed by atoms with E-state index < -0.39 is 6.10 Å². The third-order valence-electron chi connectivity index (χ3n) is 11.2. The first-order chi connectivity index (χ1) is 25.8. The van der Waals surface area contributed by atoms with Crippen molar-refractivity contribution in [1.29, 1.82) is 0 Å². The van der Waals surface area contributed by atoms with Gasteiger partial charge in [-0.15, -0.1) is 0 Å². The Kier molecular flexibility index (Phi) is 38.9. The molecule has 0 saturated carbocycles. The Hall–Kier alpha value is -1.59. The van der Waals surface area contributed by atoms with Gasteiger partial charge in [0, 0.05) is 19.3 Å². The Morgan fingerprint density at radius 1 is 0.377 bits per heavy atom. The lowest BCUT2D eigenvalue weighted by Gasteiger charge is -2.18. The van der Waals surface area contributed by atoms with Gasteiger partial charge < -0.3 is 14.2 Å². The van der Waals surface area contributed by atoms with Crippen LogP contribution in [0.25, 0.3) is 0 Å². The molecule has 0 rings (SSSR count). The first kappa shape index (κ1) is 51.4. The number of hydrogen-bond donors (Lipinski definition) is 0. The van der Waals surface area contributed by atoms with Crippen molar-refractivity contribution in [3.8, 4) is 0 Å². The maximum Gasteiger partial charge on any atom is 0.306 e. The van der Waals surface area contributed by atoms with Crippen molar-refractivity contribution < 1.29 is 28.6 Å². The molecule has 0 amide bonds. The van der Waals surface area contributed by atoms with Crippen LogP contribution in [0.15, 0.2) is 0 Å². The lowest BCUT2D eigenvalue weighted by atomic mass is 9.99. The summed E-state index contributed by atoms with van der Waals surface area (Å²) in [6.07, 6.45) is 37.9. The number of esters is 3. The smallest absolute Gasteiger partial charge is 0.306 e. The number of unbranched alkanes of at least 4 members (excludes halogenated alkanes) is 24. The summed E-state index contributed by atoms with van der Waals surface area (Å²) in [7, 11) is 0. The van der Waals surface area contributed by atoms with Gasteiger partial charge in [-0.25, -0.2) is 0 Å². The summed E-state index contributed by atoms with van der Waals surface area (Å²) in [4.78, 5) is 37.7. The van der Waals surface area contributed by atoms with Crippen LogP contribution >= 0.6 is 0 Å². The van der Waals surface area contributed by atoms with E-state index >= 15 is 0 Å². The van der Waals surface area contributed by atoms with Gasteiger partial charge in [0.05, 0.1) is 0 Å². The molecule has 0 saturated heterocycles. The number of ether oxygens (including phenoxy) is 3. The zero-order chi connectivity index (χ0) is 39.0. The molecule has 0 radical (unpaired) electrons. The third kappa shape index (κ3) is 38.5. The first-order valence-electron chi connectivity index (χ1n) is 23.3. The summed E-state index contributed by atoms with van der Waals surface area (Å²) in [6, 6.07) is 0. The quantitative estimate of drug-likeness (QED) is 0.0352. The van der Waals surface area contributed by atoms with Gasteiger partial charge in [-0.05, 0) is 31.1 Å². The minimum atomic E-state index is -0.761. The molecule has 0 aliphatic carbocycles. The van der Waals surface area contributed by atoms with E-state index in [9.17, 15) is 14.4 Å². The average Bonchev–Trinajstić information content (AvgIpc) is 3.15. The molecule has 6 nitrogen and oxygen atoms in total. The van der Waals surface area contributed by atoms with Crippen molar-refractivity contribution in [2.24, 2.45) is 11.8 Å². The highest BCUT2D eigenvalue weighted by molar-refractivity contribution is 5.71. The molecule has 6 heteroatoms. The monoisotopic (exact) mass is 751 g/mol. The lowest BCUT2D eigenvalue weighted by molar-refractivity contribution is -0.167. The number of carbonyl (C=O) groups is 3. The predicted molar refractivity (Wildman–Crippen MR) is 224 cm³/mol. The van der Waals surface area contributed by atoms with Crippen molar-refractivity contribution in [1.82, 2.24) is 0 Å². The van der Waals surface area contributed by atoms with Gasteiger partial charge in [0.25, 0.3) is 0 Å². The fourth-order valence-electron chi connectivity index (χ4n) is 6.86. The molecule has 0 aromatic carbocycles. The van der Waals surface area contributed by atoms with E-state index in [0.29, 0.717) is 19.3 Å². The van der Waals surface area contributed by atoms with Crippen LogP contribution in [0.2, 0.25) is 0 Å². The van der Waals surface area contributed by atoms with E-state index in [1.54, 1.807) is 0 Å². The van der Waals surface area contributed by atoms with Gasteiger partial charge in [-0.2, -0.15) is 0 Å². The predicted octanol–water partition coefficient (Wildman–Crippen LogP) is 14.6. The zero-order valence-electron chi connectivity index (χ0n) is 36.1. The summed E-state index contributed by atoms with van der Waals surface area (Å²) in [5, 5.41) is 0. The summed E-state index contributed by atoms with van der Waals surface area (Å²) in [5.41, 5.74) is 0. The normalized spacial score (nSPS) is 13.1. The third-order valence-corrected chi connectivity index (χ3v) is 11.2. The molecule has 0 bridgehead atoms. The van der Waals surface area contributed by atoms with Gasteiger partial charge in [0.1, 0.15) is 13.2 Å². The molecule has 0 N–H and O–H groups in total. The van der Waals surface area contributed by atoms with Crippen LogP contribution in [-0.4, -0.2) is 37.2 Å². The Labute approximate surface area is 329 Å². The number of hydrogen-bond acceptors (Lipinski definition) is 6. The standard InChI is InChI=1S/C47H90O6/c1-6-9-10-11-12-13-14-18-21-27-32-37-45(48)51-40-44(41-52-46(49)38-33-28-24-23-26-31-36-43(5)8-3)53-47(50)39-34-29-22-19-16-15-17-20-25-30-35-42(4)7-2/h42-44H,6-41H2,1-5H3/t42?,43?,44-/m0/s1. The number of rotatable bonds is 41. The Balaban J connectivity index is 4.35.